The van der Waals surface area contributed by atoms with E-state index in [0.717, 1.165) is 0 Å². The molecule has 0 aromatic heterocycles. The van der Waals surface area contributed by atoms with Gasteiger partial charge in [0.05, 0.1) is 37.5 Å². The van der Waals surface area contributed by atoms with E-state index in [1.807, 2.05) is 0 Å². The summed E-state index contributed by atoms with van der Waals surface area (Å²) in [6.45, 7) is 2.18. The molecule has 20 heavy (non-hydrogen) atoms. The van der Waals surface area contributed by atoms with E-state index in [-0.39, 0.29) is 38.2 Å². The predicted molar refractivity (Wildman–Crippen MR) is 70.3 cm³/mol. The molecule has 1 unspecified atom stereocenters. The van der Waals surface area contributed by atoms with E-state index < -0.39 is 6.29 Å². The number of imide groups is 1. The molecule has 1 aromatic carbocycles. The van der Waals surface area contributed by atoms with E-state index in [1.165, 1.54) is 4.90 Å². The minimum absolute atomic E-state index is 0.0773. The van der Waals surface area contributed by atoms with E-state index in [2.05, 4.69) is 0 Å². The first-order valence-corrected chi connectivity index (χ1v) is 6.44. The fourth-order valence-corrected chi connectivity index (χ4v) is 2.02. The van der Waals surface area contributed by atoms with E-state index in [4.69, 9.17) is 14.6 Å². The summed E-state index contributed by atoms with van der Waals surface area (Å²) in [6.07, 6.45) is -0.489. The molecule has 0 aliphatic carbocycles. The number of aliphatic hydroxyl groups is 1. The quantitative estimate of drug-likeness (QED) is 0.586. The van der Waals surface area contributed by atoms with Gasteiger partial charge in [-0.3, -0.25) is 14.5 Å². The van der Waals surface area contributed by atoms with Crippen molar-refractivity contribution in [2.75, 3.05) is 26.4 Å². The number of ether oxygens (including phenoxy) is 2. The van der Waals surface area contributed by atoms with Crippen LogP contribution >= 0.6 is 0 Å². The zero-order chi connectivity index (χ0) is 14.5. The maximum atomic E-state index is 12.0. The molecule has 0 saturated heterocycles. The summed E-state index contributed by atoms with van der Waals surface area (Å²) in [7, 11) is 0. The van der Waals surface area contributed by atoms with Gasteiger partial charge in [-0.15, -0.1) is 0 Å². The second-order valence-corrected chi connectivity index (χ2v) is 4.34. The molecule has 2 rings (SSSR count). The summed E-state index contributed by atoms with van der Waals surface area (Å²) in [4.78, 5) is 25.3. The SMILES string of the molecule is CC(OCCO)OCCN1C(=O)c2ccccc2C1=O. The fourth-order valence-electron chi connectivity index (χ4n) is 2.02. The molecule has 1 aliphatic rings. The van der Waals surface area contributed by atoms with Crippen molar-refractivity contribution in [3.8, 4) is 0 Å². The maximum absolute atomic E-state index is 12.0. The Kier molecular flexibility index (Phi) is 4.84. The van der Waals surface area contributed by atoms with Crippen molar-refractivity contribution in [3.63, 3.8) is 0 Å². The number of hydrogen-bond acceptors (Lipinski definition) is 5. The van der Waals surface area contributed by atoms with Crippen LogP contribution in [0.15, 0.2) is 24.3 Å². The maximum Gasteiger partial charge on any atom is 0.261 e. The van der Waals surface area contributed by atoms with Gasteiger partial charge in [0.25, 0.3) is 11.8 Å². The average molecular weight is 279 g/mol. The molecule has 6 heteroatoms. The lowest BCUT2D eigenvalue weighted by molar-refractivity contribution is -0.136. The molecule has 1 aromatic rings. The summed E-state index contributed by atoms with van der Waals surface area (Å²) >= 11 is 0. The lowest BCUT2D eigenvalue weighted by atomic mass is 10.1. The van der Waals surface area contributed by atoms with Gasteiger partial charge in [0.2, 0.25) is 0 Å². The lowest BCUT2D eigenvalue weighted by Crippen LogP contribution is -2.34. The van der Waals surface area contributed by atoms with Crippen LogP contribution in [0.2, 0.25) is 0 Å². The van der Waals surface area contributed by atoms with Crippen molar-refractivity contribution in [1.82, 2.24) is 4.90 Å². The van der Waals surface area contributed by atoms with Crippen LogP contribution in [0.25, 0.3) is 0 Å². The molecule has 0 spiro atoms. The molecule has 2 amide bonds. The summed E-state index contributed by atoms with van der Waals surface area (Å²) in [5, 5.41) is 8.60. The molecule has 0 bridgehead atoms. The zero-order valence-corrected chi connectivity index (χ0v) is 11.2. The van der Waals surface area contributed by atoms with Crippen molar-refractivity contribution < 1.29 is 24.2 Å². The van der Waals surface area contributed by atoms with Crippen molar-refractivity contribution in [1.29, 1.82) is 0 Å². The Bertz CT molecular complexity index is 467. The van der Waals surface area contributed by atoms with E-state index in [0.29, 0.717) is 11.1 Å². The largest absolute Gasteiger partial charge is 0.394 e. The number of carbonyl (C=O) groups is 2. The molecule has 6 nitrogen and oxygen atoms in total. The topological polar surface area (TPSA) is 76.1 Å². The van der Waals surface area contributed by atoms with Gasteiger partial charge in [-0.1, -0.05) is 12.1 Å². The fraction of sp³-hybridized carbons (Fsp3) is 0.429. The molecule has 0 saturated carbocycles. The van der Waals surface area contributed by atoms with Crippen LogP contribution in [0.5, 0.6) is 0 Å². The molecular formula is C14H17NO5. The number of benzene rings is 1. The summed E-state index contributed by atoms with van der Waals surface area (Å²) < 4.78 is 10.4. The van der Waals surface area contributed by atoms with Crippen LogP contribution < -0.4 is 0 Å². The molecule has 0 radical (unpaired) electrons. The highest BCUT2D eigenvalue weighted by Crippen LogP contribution is 2.21. The Morgan fingerprint density at radius 1 is 1.10 bits per heavy atom. The Morgan fingerprint density at radius 2 is 1.65 bits per heavy atom. The predicted octanol–water partition coefficient (Wildman–Crippen LogP) is 0.654. The molecule has 1 aliphatic heterocycles. The third-order valence-corrected chi connectivity index (χ3v) is 2.99. The third-order valence-electron chi connectivity index (χ3n) is 2.99. The van der Waals surface area contributed by atoms with Gasteiger partial charge in [-0.25, -0.2) is 0 Å². The second kappa shape index (κ2) is 6.60. The molecule has 0 fully saturated rings. The lowest BCUT2D eigenvalue weighted by Gasteiger charge is -2.17. The molecule has 1 N–H and O–H groups in total. The van der Waals surface area contributed by atoms with Crippen LogP contribution in [0.3, 0.4) is 0 Å². The number of fused-ring (bicyclic) bond motifs is 1. The van der Waals surface area contributed by atoms with Crippen LogP contribution in [-0.4, -0.2) is 54.5 Å². The number of hydrogen-bond donors (Lipinski definition) is 1. The van der Waals surface area contributed by atoms with Crippen LogP contribution in [0.4, 0.5) is 0 Å². The van der Waals surface area contributed by atoms with Crippen molar-refractivity contribution >= 4 is 11.8 Å². The van der Waals surface area contributed by atoms with Gasteiger partial charge in [0.15, 0.2) is 6.29 Å². The highest BCUT2D eigenvalue weighted by atomic mass is 16.7. The number of nitrogens with zero attached hydrogens (tertiary/aromatic N) is 1. The highest BCUT2D eigenvalue weighted by molar-refractivity contribution is 6.21. The van der Waals surface area contributed by atoms with Crippen LogP contribution in [0, 0.1) is 0 Å². The number of amides is 2. The van der Waals surface area contributed by atoms with Crippen molar-refractivity contribution in [3.05, 3.63) is 35.4 Å². The Balaban J connectivity index is 1.86. The second-order valence-electron chi connectivity index (χ2n) is 4.34. The van der Waals surface area contributed by atoms with Crippen molar-refractivity contribution in [2.45, 2.75) is 13.2 Å². The smallest absolute Gasteiger partial charge is 0.261 e. The van der Waals surface area contributed by atoms with Gasteiger partial charge >= 0.3 is 0 Å². The van der Waals surface area contributed by atoms with E-state index >= 15 is 0 Å². The van der Waals surface area contributed by atoms with Gasteiger partial charge < -0.3 is 14.6 Å². The summed E-state index contributed by atoms with van der Waals surface area (Å²) in [6, 6.07) is 6.75. The highest BCUT2D eigenvalue weighted by Gasteiger charge is 2.34. The minimum Gasteiger partial charge on any atom is -0.394 e. The Labute approximate surface area is 116 Å². The summed E-state index contributed by atoms with van der Waals surface area (Å²) in [5.41, 5.74) is 0.865. The monoisotopic (exact) mass is 279 g/mol. The minimum atomic E-state index is -0.489. The van der Waals surface area contributed by atoms with Crippen molar-refractivity contribution in [2.24, 2.45) is 0 Å². The van der Waals surface area contributed by atoms with Gasteiger partial charge in [0, 0.05) is 0 Å². The number of rotatable bonds is 7. The average Bonchev–Trinajstić information content (AvgIpc) is 2.70. The normalized spacial score (nSPS) is 15.6. The summed E-state index contributed by atoms with van der Waals surface area (Å²) in [5.74, 6) is -0.587. The molecule has 108 valence electrons. The van der Waals surface area contributed by atoms with Gasteiger partial charge in [-0.2, -0.15) is 0 Å². The first kappa shape index (κ1) is 14.6. The number of aliphatic hydroxyl groups excluding tert-OH is 1. The zero-order valence-electron chi connectivity index (χ0n) is 11.2. The van der Waals surface area contributed by atoms with Crippen LogP contribution in [-0.2, 0) is 9.47 Å². The molecule has 1 atom stereocenters. The standard InChI is InChI=1S/C14H17NO5/c1-10(20-9-7-16)19-8-6-15-13(17)11-4-2-3-5-12(11)14(15)18/h2-5,10,16H,6-9H2,1H3. The molecule has 1 heterocycles. The van der Waals surface area contributed by atoms with Gasteiger partial charge in [-0.05, 0) is 19.1 Å². The molecular weight excluding hydrogens is 262 g/mol. The van der Waals surface area contributed by atoms with E-state index in [1.54, 1.807) is 31.2 Å². The van der Waals surface area contributed by atoms with E-state index in [9.17, 15) is 9.59 Å². The first-order valence-electron chi connectivity index (χ1n) is 6.44. The number of carbonyl (C=O) groups excluding carboxylic acids is 2. The Morgan fingerprint density at radius 3 is 2.20 bits per heavy atom. The third kappa shape index (κ3) is 3.04. The van der Waals surface area contributed by atoms with Crippen LogP contribution in [0.1, 0.15) is 27.6 Å². The first-order chi connectivity index (χ1) is 9.65. The Hall–Kier alpha value is -1.76. The van der Waals surface area contributed by atoms with Gasteiger partial charge in [0.1, 0.15) is 0 Å².